The SMILES string of the molecule is Cc1cnnn1C(c1cccc(Br)c1)C1COC1. The van der Waals surface area contributed by atoms with Crippen molar-refractivity contribution in [2.75, 3.05) is 13.2 Å². The summed E-state index contributed by atoms with van der Waals surface area (Å²) in [5, 5.41) is 8.21. The van der Waals surface area contributed by atoms with Crippen molar-refractivity contribution in [1.82, 2.24) is 15.0 Å². The summed E-state index contributed by atoms with van der Waals surface area (Å²) >= 11 is 3.52. The van der Waals surface area contributed by atoms with E-state index in [-0.39, 0.29) is 6.04 Å². The van der Waals surface area contributed by atoms with Crippen molar-refractivity contribution in [3.05, 3.63) is 46.2 Å². The molecule has 94 valence electrons. The number of aromatic nitrogens is 3. The molecule has 0 saturated carbocycles. The van der Waals surface area contributed by atoms with Crippen LogP contribution < -0.4 is 0 Å². The van der Waals surface area contributed by atoms with Crippen LogP contribution >= 0.6 is 15.9 Å². The molecule has 2 heterocycles. The van der Waals surface area contributed by atoms with Crippen LogP contribution in [0.1, 0.15) is 17.3 Å². The molecular weight excluding hydrogens is 294 g/mol. The van der Waals surface area contributed by atoms with Crippen LogP contribution in [0.15, 0.2) is 34.9 Å². The molecule has 1 saturated heterocycles. The highest BCUT2D eigenvalue weighted by molar-refractivity contribution is 9.10. The molecule has 2 aromatic rings. The van der Waals surface area contributed by atoms with E-state index in [9.17, 15) is 0 Å². The van der Waals surface area contributed by atoms with E-state index >= 15 is 0 Å². The third-order valence-corrected chi connectivity index (χ3v) is 3.81. The van der Waals surface area contributed by atoms with Crippen molar-refractivity contribution in [2.24, 2.45) is 5.92 Å². The minimum absolute atomic E-state index is 0.207. The Kier molecular flexibility index (Phi) is 3.18. The van der Waals surface area contributed by atoms with E-state index in [1.54, 1.807) is 6.20 Å². The standard InChI is InChI=1S/C13H14BrN3O/c1-9-6-15-16-17(9)13(11-7-18-8-11)10-3-2-4-12(14)5-10/h2-6,11,13H,7-8H2,1H3. The molecule has 0 radical (unpaired) electrons. The van der Waals surface area contributed by atoms with Gasteiger partial charge in [0.15, 0.2) is 0 Å². The van der Waals surface area contributed by atoms with Crippen LogP contribution in [0.25, 0.3) is 0 Å². The average molecular weight is 308 g/mol. The van der Waals surface area contributed by atoms with Crippen molar-refractivity contribution >= 4 is 15.9 Å². The van der Waals surface area contributed by atoms with Crippen LogP contribution in [0, 0.1) is 12.8 Å². The Balaban J connectivity index is 2.03. The summed E-state index contributed by atoms with van der Waals surface area (Å²) in [6, 6.07) is 8.57. The lowest BCUT2D eigenvalue weighted by atomic mass is 9.91. The first-order chi connectivity index (χ1) is 8.75. The number of hydrogen-bond acceptors (Lipinski definition) is 3. The first kappa shape index (κ1) is 11.9. The van der Waals surface area contributed by atoms with Crippen LogP contribution in [0.4, 0.5) is 0 Å². The number of hydrogen-bond donors (Lipinski definition) is 0. The van der Waals surface area contributed by atoms with E-state index in [4.69, 9.17) is 4.74 Å². The lowest BCUT2D eigenvalue weighted by Gasteiger charge is -2.34. The van der Waals surface area contributed by atoms with Gasteiger partial charge in [-0.3, -0.25) is 0 Å². The van der Waals surface area contributed by atoms with E-state index in [1.807, 2.05) is 17.7 Å². The molecule has 0 spiro atoms. The summed E-state index contributed by atoms with van der Waals surface area (Å²) in [6.45, 7) is 3.61. The Morgan fingerprint density at radius 3 is 2.83 bits per heavy atom. The zero-order chi connectivity index (χ0) is 12.5. The van der Waals surface area contributed by atoms with Crippen LogP contribution in [0.5, 0.6) is 0 Å². The van der Waals surface area contributed by atoms with E-state index in [0.717, 1.165) is 23.4 Å². The fourth-order valence-electron chi connectivity index (χ4n) is 2.31. The van der Waals surface area contributed by atoms with Gasteiger partial charge in [0.05, 0.1) is 31.1 Å². The number of nitrogens with zero attached hydrogens (tertiary/aromatic N) is 3. The van der Waals surface area contributed by atoms with Gasteiger partial charge in [0, 0.05) is 10.4 Å². The Morgan fingerprint density at radius 1 is 1.44 bits per heavy atom. The Morgan fingerprint density at radius 2 is 2.28 bits per heavy atom. The summed E-state index contributed by atoms with van der Waals surface area (Å²) in [6.07, 6.45) is 1.80. The highest BCUT2D eigenvalue weighted by atomic mass is 79.9. The maximum atomic E-state index is 5.33. The molecule has 18 heavy (non-hydrogen) atoms. The number of benzene rings is 1. The van der Waals surface area contributed by atoms with Gasteiger partial charge in [0.2, 0.25) is 0 Å². The molecule has 0 amide bonds. The topological polar surface area (TPSA) is 39.9 Å². The van der Waals surface area contributed by atoms with Gasteiger partial charge in [-0.2, -0.15) is 0 Å². The molecule has 1 aromatic carbocycles. The normalized spacial score (nSPS) is 17.4. The molecule has 0 bridgehead atoms. The lowest BCUT2D eigenvalue weighted by Crippen LogP contribution is -2.37. The largest absolute Gasteiger partial charge is 0.381 e. The third-order valence-electron chi connectivity index (χ3n) is 3.32. The molecule has 1 aliphatic heterocycles. The van der Waals surface area contributed by atoms with Gasteiger partial charge in [0.1, 0.15) is 0 Å². The molecule has 0 N–H and O–H groups in total. The third kappa shape index (κ3) is 2.08. The van der Waals surface area contributed by atoms with Gasteiger partial charge >= 0.3 is 0 Å². The second kappa shape index (κ2) is 4.82. The van der Waals surface area contributed by atoms with Gasteiger partial charge in [0.25, 0.3) is 0 Å². The van der Waals surface area contributed by atoms with Crippen LogP contribution in [-0.4, -0.2) is 28.2 Å². The van der Waals surface area contributed by atoms with Crippen molar-refractivity contribution in [3.8, 4) is 0 Å². The summed E-state index contributed by atoms with van der Waals surface area (Å²) in [4.78, 5) is 0. The molecule has 1 aromatic heterocycles. The fourth-order valence-corrected chi connectivity index (χ4v) is 2.73. The van der Waals surface area contributed by atoms with E-state index in [2.05, 4.69) is 44.4 Å². The molecule has 1 fully saturated rings. The minimum atomic E-state index is 0.207. The Bertz CT molecular complexity index is 551. The number of halogens is 1. The molecular formula is C13H14BrN3O. The minimum Gasteiger partial charge on any atom is -0.381 e. The number of ether oxygens (including phenoxy) is 1. The Labute approximate surface area is 114 Å². The smallest absolute Gasteiger partial charge is 0.0861 e. The van der Waals surface area contributed by atoms with Gasteiger partial charge < -0.3 is 4.74 Å². The van der Waals surface area contributed by atoms with Gasteiger partial charge in [-0.1, -0.05) is 33.3 Å². The monoisotopic (exact) mass is 307 g/mol. The van der Waals surface area contributed by atoms with Crippen LogP contribution in [0.3, 0.4) is 0 Å². The second-order valence-corrected chi connectivity index (χ2v) is 5.53. The number of aryl methyl sites for hydroxylation is 1. The molecule has 1 aliphatic rings. The molecule has 3 rings (SSSR count). The maximum Gasteiger partial charge on any atom is 0.0861 e. The van der Waals surface area contributed by atoms with E-state index in [0.29, 0.717) is 5.92 Å². The molecule has 1 atom stereocenters. The summed E-state index contributed by atoms with van der Waals surface area (Å²) in [7, 11) is 0. The van der Waals surface area contributed by atoms with Crippen LogP contribution in [-0.2, 0) is 4.74 Å². The quantitative estimate of drug-likeness (QED) is 0.875. The Hall–Kier alpha value is -1.20. The van der Waals surface area contributed by atoms with Crippen molar-refractivity contribution in [2.45, 2.75) is 13.0 Å². The summed E-state index contributed by atoms with van der Waals surface area (Å²) in [5.41, 5.74) is 2.32. The summed E-state index contributed by atoms with van der Waals surface area (Å²) < 4.78 is 8.41. The molecule has 1 unspecified atom stereocenters. The first-order valence-electron chi connectivity index (χ1n) is 5.95. The van der Waals surface area contributed by atoms with Crippen molar-refractivity contribution in [1.29, 1.82) is 0 Å². The molecule has 0 aliphatic carbocycles. The maximum absolute atomic E-state index is 5.33. The fraction of sp³-hybridized carbons (Fsp3) is 0.385. The zero-order valence-electron chi connectivity index (χ0n) is 10.1. The van der Waals surface area contributed by atoms with Gasteiger partial charge in [-0.05, 0) is 24.6 Å². The van der Waals surface area contributed by atoms with Crippen molar-refractivity contribution in [3.63, 3.8) is 0 Å². The predicted molar refractivity (Wildman–Crippen MR) is 71.3 cm³/mol. The molecule has 5 heteroatoms. The van der Waals surface area contributed by atoms with Gasteiger partial charge in [-0.25, -0.2) is 4.68 Å². The zero-order valence-corrected chi connectivity index (χ0v) is 11.7. The predicted octanol–water partition coefficient (Wildman–Crippen LogP) is 2.58. The highest BCUT2D eigenvalue weighted by Gasteiger charge is 2.32. The van der Waals surface area contributed by atoms with Gasteiger partial charge in [-0.15, -0.1) is 5.10 Å². The first-order valence-corrected chi connectivity index (χ1v) is 6.75. The summed E-state index contributed by atoms with van der Waals surface area (Å²) in [5.74, 6) is 0.472. The second-order valence-electron chi connectivity index (χ2n) is 4.62. The van der Waals surface area contributed by atoms with E-state index < -0.39 is 0 Å². The highest BCUT2D eigenvalue weighted by Crippen LogP contribution is 2.33. The van der Waals surface area contributed by atoms with Crippen LogP contribution in [0.2, 0.25) is 0 Å². The average Bonchev–Trinajstić information content (AvgIpc) is 2.69. The van der Waals surface area contributed by atoms with Crippen molar-refractivity contribution < 1.29 is 4.74 Å². The lowest BCUT2D eigenvalue weighted by molar-refractivity contribution is -0.0519. The van der Waals surface area contributed by atoms with E-state index in [1.165, 1.54) is 5.56 Å². The number of rotatable bonds is 3. The molecule has 4 nitrogen and oxygen atoms in total.